The minimum absolute atomic E-state index is 0.0822. The van der Waals surface area contributed by atoms with Crippen molar-refractivity contribution in [2.75, 3.05) is 25.0 Å². The Kier molecular flexibility index (Phi) is 8.50. The zero-order chi connectivity index (χ0) is 19.8. The number of benzene rings is 1. The number of nitrogens with one attached hydrogen (secondary N) is 2. The van der Waals surface area contributed by atoms with E-state index >= 15 is 0 Å². The lowest BCUT2D eigenvalue weighted by Gasteiger charge is -2.19. The van der Waals surface area contributed by atoms with Crippen LogP contribution in [0.3, 0.4) is 0 Å². The van der Waals surface area contributed by atoms with Crippen LogP contribution in [-0.2, 0) is 16.1 Å². The summed E-state index contributed by atoms with van der Waals surface area (Å²) in [4.78, 5) is 27.3. The topological polar surface area (TPSA) is 61.4 Å². The van der Waals surface area contributed by atoms with Crippen LogP contribution in [0.1, 0.15) is 10.4 Å². The average molecular weight is 471 g/mol. The van der Waals surface area contributed by atoms with Gasteiger partial charge in [0.15, 0.2) is 0 Å². The maximum absolute atomic E-state index is 12.2. The molecule has 144 valence electrons. The zero-order valence-corrected chi connectivity index (χ0v) is 18.1. The first kappa shape index (κ1) is 21.6. The molecule has 2 rings (SSSR count). The van der Waals surface area contributed by atoms with Gasteiger partial charge in [0.05, 0.1) is 17.4 Å². The number of thiophene rings is 1. The smallest absolute Gasteiger partial charge is 0.243 e. The summed E-state index contributed by atoms with van der Waals surface area (Å²) in [5.74, 6) is -0.490. The number of anilines is 1. The molecule has 2 aromatic rings. The van der Waals surface area contributed by atoms with Gasteiger partial charge in [0, 0.05) is 28.1 Å². The second kappa shape index (κ2) is 10.6. The van der Waals surface area contributed by atoms with Crippen LogP contribution in [0.4, 0.5) is 5.69 Å². The van der Waals surface area contributed by atoms with E-state index in [0.717, 1.165) is 20.6 Å². The molecule has 0 fully saturated rings. The highest BCUT2D eigenvalue weighted by Crippen LogP contribution is 2.22. The van der Waals surface area contributed by atoms with E-state index in [-0.39, 0.29) is 24.9 Å². The number of hydrogen-bond acceptors (Lipinski definition) is 4. The van der Waals surface area contributed by atoms with Crippen molar-refractivity contribution in [3.63, 3.8) is 0 Å². The Morgan fingerprint density at radius 3 is 2.70 bits per heavy atom. The van der Waals surface area contributed by atoms with E-state index in [1.54, 1.807) is 6.08 Å². The minimum Gasteiger partial charge on any atom is -0.346 e. The first-order chi connectivity index (χ1) is 12.9. The molecule has 2 amide bonds. The molecule has 0 radical (unpaired) electrons. The van der Waals surface area contributed by atoms with Gasteiger partial charge in [-0.1, -0.05) is 33.6 Å². The summed E-state index contributed by atoms with van der Waals surface area (Å²) in [6.45, 7) is 6.88. The number of amides is 2. The van der Waals surface area contributed by atoms with Crippen LogP contribution >= 0.6 is 38.9 Å². The number of carbonyl (C=O) groups excluding carboxylic acids is 2. The molecule has 1 aromatic carbocycles. The third-order valence-corrected chi connectivity index (χ3v) is 5.38. The minimum atomic E-state index is -0.269. The maximum atomic E-state index is 12.2. The Morgan fingerprint density at radius 2 is 2.07 bits per heavy atom. The number of nitrogens with zero attached hydrogens (tertiary/aromatic N) is 1. The Balaban J connectivity index is 1.82. The van der Waals surface area contributed by atoms with Crippen LogP contribution in [-0.4, -0.2) is 36.3 Å². The standard InChI is InChI=1S/C19H21BrClN3O2S/c1-3-8-24(11-15-5-7-17(21)27-15)12-19(26)22-10-18(25)23-16-6-4-14(20)9-13(16)2/h3-7,9H,1,8,10-12H2,2H3,(H,22,26)(H,23,25). The molecule has 1 aromatic heterocycles. The average Bonchev–Trinajstić information content (AvgIpc) is 3.00. The number of rotatable bonds is 9. The van der Waals surface area contributed by atoms with Gasteiger partial charge in [-0.25, -0.2) is 0 Å². The molecular formula is C19H21BrClN3O2S. The number of aryl methyl sites for hydroxylation is 1. The molecular weight excluding hydrogens is 450 g/mol. The summed E-state index contributed by atoms with van der Waals surface area (Å²) in [5.41, 5.74) is 1.66. The second-order valence-electron chi connectivity index (χ2n) is 5.95. The molecule has 0 atom stereocenters. The fourth-order valence-corrected chi connectivity index (χ4v) is 4.03. The molecule has 0 aliphatic carbocycles. The van der Waals surface area contributed by atoms with Crippen LogP contribution in [0.5, 0.6) is 0 Å². The third-order valence-electron chi connectivity index (χ3n) is 3.67. The van der Waals surface area contributed by atoms with Crippen LogP contribution in [0.15, 0.2) is 47.5 Å². The van der Waals surface area contributed by atoms with Crippen LogP contribution in [0.2, 0.25) is 4.34 Å². The molecule has 5 nitrogen and oxygen atoms in total. The van der Waals surface area contributed by atoms with Gasteiger partial charge in [0.1, 0.15) is 0 Å². The molecule has 0 saturated heterocycles. The lowest BCUT2D eigenvalue weighted by atomic mass is 10.2. The van der Waals surface area contributed by atoms with E-state index in [1.165, 1.54) is 11.3 Å². The quantitative estimate of drug-likeness (QED) is 0.540. The zero-order valence-electron chi connectivity index (χ0n) is 14.9. The number of carbonyl (C=O) groups is 2. The SMILES string of the molecule is C=CCN(CC(=O)NCC(=O)Nc1ccc(Br)cc1C)Cc1ccc(Cl)s1. The Labute approximate surface area is 176 Å². The van der Waals surface area contributed by atoms with Gasteiger partial charge in [-0.05, 0) is 42.8 Å². The Bertz CT molecular complexity index is 825. The van der Waals surface area contributed by atoms with Crippen molar-refractivity contribution in [1.29, 1.82) is 0 Å². The predicted molar refractivity (Wildman–Crippen MR) is 115 cm³/mol. The van der Waals surface area contributed by atoms with E-state index in [0.29, 0.717) is 17.4 Å². The molecule has 1 heterocycles. The predicted octanol–water partition coefficient (Wildman–Crippen LogP) is 4.22. The molecule has 2 N–H and O–H groups in total. The van der Waals surface area contributed by atoms with Crippen molar-refractivity contribution < 1.29 is 9.59 Å². The van der Waals surface area contributed by atoms with Crippen molar-refractivity contribution in [2.24, 2.45) is 0 Å². The molecule has 0 saturated carbocycles. The lowest BCUT2D eigenvalue weighted by molar-refractivity contribution is -0.125. The van der Waals surface area contributed by atoms with E-state index in [1.807, 2.05) is 42.2 Å². The Morgan fingerprint density at radius 1 is 1.30 bits per heavy atom. The van der Waals surface area contributed by atoms with Gasteiger partial charge in [-0.15, -0.1) is 17.9 Å². The molecule has 0 bridgehead atoms. The van der Waals surface area contributed by atoms with Gasteiger partial charge >= 0.3 is 0 Å². The van der Waals surface area contributed by atoms with Crippen LogP contribution in [0, 0.1) is 6.92 Å². The molecule has 8 heteroatoms. The first-order valence-electron chi connectivity index (χ1n) is 8.27. The molecule has 0 aliphatic rings. The van der Waals surface area contributed by atoms with Crippen molar-refractivity contribution in [2.45, 2.75) is 13.5 Å². The largest absolute Gasteiger partial charge is 0.346 e. The summed E-state index contributed by atoms with van der Waals surface area (Å²) in [5, 5.41) is 5.45. The molecule has 0 unspecified atom stereocenters. The lowest BCUT2D eigenvalue weighted by Crippen LogP contribution is -2.40. The summed E-state index contributed by atoms with van der Waals surface area (Å²) in [7, 11) is 0. The van der Waals surface area contributed by atoms with Gasteiger partial charge in [-0.2, -0.15) is 0 Å². The van der Waals surface area contributed by atoms with E-state index in [2.05, 4.69) is 33.1 Å². The summed E-state index contributed by atoms with van der Waals surface area (Å²) >= 11 is 10.8. The van der Waals surface area contributed by atoms with Crippen LogP contribution < -0.4 is 10.6 Å². The van der Waals surface area contributed by atoms with E-state index < -0.39 is 0 Å². The highest BCUT2D eigenvalue weighted by molar-refractivity contribution is 9.10. The highest BCUT2D eigenvalue weighted by atomic mass is 79.9. The molecule has 0 aliphatic heterocycles. The maximum Gasteiger partial charge on any atom is 0.243 e. The Hall–Kier alpha value is -1.67. The molecule has 27 heavy (non-hydrogen) atoms. The monoisotopic (exact) mass is 469 g/mol. The molecule has 0 spiro atoms. The normalized spacial score (nSPS) is 10.7. The van der Waals surface area contributed by atoms with Crippen molar-refractivity contribution in [1.82, 2.24) is 10.2 Å². The van der Waals surface area contributed by atoms with E-state index in [4.69, 9.17) is 11.6 Å². The van der Waals surface area contributed by atoms with Gasteiger partial charge in [0.2, 0.25) is 11.8 Å². The van der Waals surface area contributed by atoms with Gasteiger partial charge in [0.25, 0.3) is 0 Å². The van der Waals surface area contributed by atoms with Crippen LogP contribution in [0.25, 0.3) is 0 Å². The van der Waals surface area contributed by atoms with Crippen molar-refractivity contribution in [3.8, 4) is 0 Å². The van der Waals surface area contributed by atoms with Gasteiger partial charge < -0.3 is 10.6 Å². The van der Waals surface area contributed by atoms with E-state index in [9.17, 15) is 9.59 Å². The second-order valence-corrected chi connectivity index (χ2v) is 8.66. The first-order valence-corrected chi connectivity index (χ1v) is 10.3. The fourth-order valence-electron chi connectivity index (χ4n) is 2.42. The number of halogens is 2. The fraction of sp³-hybridized carbons (Fsp3) is 0.263. The third kappa shape index (κ3) is 7.46. The summed E-state index contributed by atoms with van der Waals surface area (Å²) in [6.07, 6.45) is 1.74. The summed E-state index contributed by atoms with van der Waals surface area (Å²) < 4.78 is 1.66. The highest BCUT2D eigenvalue weighted by Gasteiger charge is 2.13. The van der Waals surface area contributed by atoms with Gasteiger partial charge in [-0.3, -0.25) is 14.5 Å². The summed E-state index contributed by atoms with van der Waals surface area (Å²) in [6, 6.07) is 9.36. The van der Waals surface area contributed by atoms with Crippen molar-refractivity contribution in [3.05, 3.63) is 62.2 Å². The number of hydrogen-bond donors (Lipinski definition) is 2. The van der Waals surface area contributed by atoms with Crippen molar-refractivity contribution >= 4 is 56.4 Å².